The maximum atomic E-state index is 12.6. The van der Waals surface area contributed by atoms with Gasteiger partial charge in [-0.3, -0.25) is 9.59 Å². The van der Waals surface area contributed by atoms with Gasteiger partial charge in [-0.25, -0.2) is 0 Å². The van der Waals surface area contributed by atoms with Crippen molar-refractivity contribution in [2.24, 2.45) is 0 Å². The molecule has 0 radical (unpaired) electrons. The van der Waals surface area contributed by atoms with E-state index in [1.54, 1.807) is 21.1 Å². The molecule has 8 nitrogen and oxygen atoms in total. The molecule has 52 heavy (non-hydrogen) atoms. The fraction of sp³-hybridized carbons (Fsp3) is 0.614. The molecule has 0 aromatic rings. The highest BCUT2D eigenvalue weighted by Crippen LogP contribution is 2.11. The van der Waals surface area contributed by atoms with Crippen LogP contribution < -0.4 is 5.11 Å². The first-order chi connectivity index (χ1) is 25.1. The molecule has 0 aromatic carbocycles. The first kappa shape index (κ1) is 48.5. The Morgan fingerprint density at radius 3 is 1.58 bits per heavy atom. The van der Waals surface area contributed by atoms with Crippen LogP contribution in [-0.2, 0) is 28.6 Å². The largest absolute Gasteiger partial charge is 0.544 e. The standard InChI is InChI=1S/C44H71NO7/c1-6-8-10-12-14-16-18-20-21-22-23-25-26-28-30-32-34-42(46)51-39-40(38-50-37-36-41(44(48)49)45(3,4)5)52-43(47)35-33-31-29-27-24-19-17-15-13-11-9-7-2/h8-11,14-17,20-21,23,25,28,30,40-41H,6-7,12-13,18-19,22,24,26-27,29,31-39H2,1-5H3/b10-8+,11-9+,16-14+,17-15+,21-20+,25-23+,30-28+. The van der Waals surface area contributed by atoms with Crippen molar-refractivity contribution < 1.29 is 38.2 Å². The number of hydrogen-bond acceptors (Lipinski definition) is 7. The van der Waals surface area contributed by atoms with Crippen molar-refractivity contribution in [1.82, 2.24) is 0 Å². The fourth-order valence-electron chi connectivity index (χ4n) is 5.04. The maximum absolute atomic E-state index is 12.6. The number of esters is 2. The Balaban J connectivity index is 4.56. The van der Waals surface area contributed by atoms with Gasteiger partial charge in [-0.05, 0) is 70.6 Å². The minimum absolute atomic E-state index is 0.00640. The van der Waals surface area contributed by atoms with Crippen molar-refractivity contribution in [2.45, 2.75) is 135 Å². The van der Waals surface area contributed by atoms with Crippen molar-refractivity contribution in [3.05, 3.63) is 85.1 Å². The third-order valence-corrected chi connectivity index (χ3v) is 8.04. The smallest absolute Gasteiger partial charge is 0.306 e. The predicted molar refractivity (Wildman–Crippen MR) is 212 cm³/mol. The second-order valence-corrected chi connectivity index (χ2v) is 13.7. The molecule has 0 spiro atoms. The van der Waals surface area contributed by atoms with E-state index in [1.807, 2.05) is 12.2 Å². The van der Waals surface area contributed by atoms with Gasteiger partial charge in [0.25, 0.3) is 0 Å². The molecule has 2 atom stereocenters. The number of quaternary nitrogens is 1. The number of hydrogen-bond donors (Lipinski definition) is 0. The highest BCUT2D eigenvalue weighted by atomic mass is 16.6. The van der Waals surface area contributed by atoms with E-state index in [2.05, 4.69) is 86.8 Å². The zero-order valence-corrected chi connectivity index (χ0v) is 33.2. The zero-order valence-electron chi connectivity index (χ0n) is 33.2. The summed E-state index contributed by atoms with van der Waals surface area (Å²) in [6, 6.07) is -0.742. The number of carbonyl (C=O) groups is 3. The molecule has 0 saturated heterocycles. The third kappa shape index (κ3) is 32.4. The Morgan fingerprint density at radius 1 is 0.577 bits per heavy atom. The summed E-state index contributed by atoms with van der Waals surface area (Å²) < 4.78 is 17.0. The summed E-state index contributed by atoms with van der Waals surface area (Å²) in [5.74, 6) is -1.88. The quantitative estimate of drug-likeness (QED) is 0.0288. The van der Waals surface area contributed by atoms with Gasteiger partial charge >= 0.3 is 11.9 Å². The summed E-state index contributed by atoms with van der Waals surface area (Å²) in [4.78, 5) is 36.7. The van der Waals surface area contributed by atoms with Gasteiger partial charge in [0.1, 0.15) is 12.6 Å². The second kappa shape index (κ2) is 34.6. The molecule has 0 bridgehead atoms. The Bertz CT molecular complexity index is 1120. The average Bonchev–Trinajstić information content (AvgIpc) is 3.09. The molecule has 294 valence electrons. The number of nitrogens with zero attached hydrogens (tertiary/aromatic N) is 1. The molecule has 0 aromatic heterocycles. The third-order valence-electron chi connectivity index (χ3n) is 8.04. The Morgan fingerprint density at radius 2 is 1.06 bits per heavy atom. The van der Waals surface area contributed by atoms with Gasteiger partial charge in [-0.1, -0.05) is 118 Å². The Hall–Kier alpha value is -3.49. The molecule has 0 aliphatic rings. The van der Waals surface area contributed by atoms with Gasteiger partial charge in [-0.2, -0.15) is 0 Å². The SMILES string of the molecule is CC/C=C/C/C=C/C/C=C/C/C=C/C/C=C/CCC(=O)OCC(COCCC(C(=O)[O-])[N+](C)(C)C)OC(=O)CCCCCCC/C=C/C/C=C/CC. The number of allylic oxidation sites excluding steroid dienone is 14. The average molecular weight is 726 g/mol. The monoisotopic (exact) mass is 726 g/mol. The van der Waals surface area contributed by atoms with E-state index in [-0.39, 0.29) is 55.5 Å². The zero-order chi connectivity index (χ0) is 38.5. The van der Waals surface area contributed by atoms with Crippen LogP contribution in [0.5, 0.6) is 0 Å². The first-order valence-corrected chi connectivity index (χ1v) is 19.6. The van der Waals surface area contributed by atoms with Crippen LogP contribution in [0, 0.1) is 0 Å². The molecule has 0 heterocycles. The minimum Gasteiger partial charge on any atom is -0.544 e. The fourth-order valence-corrected chi connectivity index (χ4v) is 5.04. The van der Waals surface area contributed by atoms with Crippen LogP contribution in [0.4, 0.5) is 0 Å². The van der Waals surface area contributed by atoms with Crippen molar-refractivity contribution in [3.8, 4) is 0 Å². The lowest BCUT2D eigenvalue weighted by Gasteiger charge is -2.34. The molecule has 0 aliphatic carbocycles. The Kier molecular flexibility index (Phi) is 32.3. The lowest BCUT2D eigenvalue weighted by Crippen LogP contribution is -2.55. The number of carboxylic acid groups (broad SMARTS) is 1. The highest BCUT2D eigenvalue weighted by molar-refractivity contribution is 5.70. The van der Waals surface area contributed by atoms with E-state index in [0.717, 1.165) is 83.5 Å². The van der Waals surface area contributed by atoms with Crippen molar-refractivity contribution >= 4 is 17.9 Å². The number of carbonyl (C=O) groups excluding carboxylic acids is 3. The van der Waals surface area contributed by atoms with Crippen LogP contribution in [0.2, 0.25) is 0 Å². The van der Waals surface area contributed by atoms with E-state index in [4.69, 9.17) is 14.2 Å². The summed E-state index contributed by atoms with van der Waals surface area (Å²) in [7, 11) is 5.36. The molecule has 0 fully saturated rings. The van der Waals surface area contributed by atoms with E-state index >= 15 is 0 Å². The molecule has 0 amide bonds. The normalized spacial score (nSPS) is 13.9. The van der Waals surface area contributed by atoms with E-state index < -0.39 is 18.1 Å². The Labute approximate surface area is 316 Å². The van der Waals surface area contributed by atoms with Crippen molar-refractivity contribution in [3.63, 3.8) is 0 Å². The highest BCUT2D eigenvalue weighted by Gasteiger charge is 2.25. The molecule has 0 aliphatic heterocycles. The first-order valence-electron chi connectivity index (χ1n) is 19.6. The van der Waals surface area contributed by atoms with Crippen LogP contribution in [0.1, 0.15) is 123 Å². The lowest BCUT2D eigenvalue weighted by atomic mass is 10.1. The summed E-state index contributed by atoms with van der Waals surface area (Å²) in [5, 5.41) is 11.6. The van der Waals surface area contributed by atoms with Crippen molar-refractivity contribution in [1.29, 1.82) is 0 Å². The number of rotatable bonds is 33. The predicted octanol–water partition coefficient (Wildman–Crippen LogP) is 8.85. The topological polar surface area (TPSA) is 102 Å². The van der Waals surface area contributed by atoms with Crippen molar-refractivity contribution in [2.75, 3.05) is 41.0 Å². The van der Waals surface area contributed by atoms with Crippen LogP contribution in [0.15, 0.2) is 85.1 Å². The van der Waals surface area contributed by atoms with E-state index in [0.29, 0.717) is 6.42 Å². The number of likely N-dealkylation sites (N-methyl/N-ethyl adjacent to an activating group) is 1. The number of ether oxygens (including phenoxy) is 3. The molecule has 0 saturated carbocycles. The van der Waals surface area contributed by atoms with Crippen LogP contribution >= 0.6 is 0 Å². The van der Waals surface area contributed by atoms with Crippen LogP contribution in [0.25, 0.3) is 0 Å². The van der Waals surface area contributed by atoms with Crippen LogP contribution in [0.3, 0.4) is 0 Å². The molecule has 0 N–H and O–H groups in total. The summed E-state index contributed by atoms with van der Waals surface area (Å²) in [5.41, 5.74) is 0. The van der Waals surface area contributed by atoms with Crippen LogP contribution in [-0.4, -0.2) is 75.5 Å². The summed E-state index contributed by atoms with van der Waals surface area (Å²) in [6.07, 6.45) is 43.4. The summed E-state index contributed by atoms with van der Waals surface area (Å²) in [6.45, 7) is 4.30. The molecule has 2 unspecified atom stereocenters. The molecular formula is C44H71NO7. The summed E-state index contributed by atoms with van der Waals surface area (Å²) >= 11 is 0. The number of unbranched alkanes of at least 4 members (excludes halogenated alkanes) is 5. The molecular weight excluding hydrogens is 654 g/mol. The number of carboxylic acids is 1. The second-order valence-electron chi connectivity index (χ2n) is 13.7. The van der Waals surface area contributed by atoms with Gasteiger partial charge in [0.15, 0.2) is 6.10 Å². The maximum Gasteiger partial charge on any atom is 0.306 e. The van der Waals surface area contributed by atoms with Gasteiger partial charge in [0, 0.05) is 19.3 Å². The minimum atomic E-state index is -1.14. The van der Waals surface area contributed by atoms with Gasteiger partial charge in [0.2, 0.25) is 0 Å². The lowest BCUT2D eigenvalue weighted by molar-refractivity contribution is -0.889. The van der Waals surface area contributed by atoms with Gasteiger partial charge < -0.3 is 28.6 Å². The number of aliphatic carboxylic acids is 1. The van der Waals surface area contributed by atoms with Gasteiger partial charge in [-0.15, -0.1) is 0 Å². The van der Waals surface area contributed by atoms with Gasteiger partial charge in [0.05, 0.1) is 40.3 Å². The van der Waals surface area contributed by atoms with E-state index in [1.165, 1.54) is 0 Å². The van der Waals surface area contributed by atoms with E-state index in [9.17, 15) is 19.5 Å². The molecule has 8 heteroatoms. The molecule has 0 rings (SSSR count).